The van der Waals surface area contributed by atoms with Gasteiger partial charge in [-0.25, -0.2) is 4.98 Å². The third kappa shape index (κ3) is 2.16. The lowest BCUT2D eigenvalue weighted by Crippen LogP contribution is -2.69. The Labute approximate surface area is 120 Å². The van der Waals surface area contributed by atoms with Crippen molar-refractivity contribution in [3.63, 3.8) is 0 Å². The van der Waals surface area contributed by atoms with Crippen LogP contribution in [-0.4, -0.2) is 42.2 Å². The Morgan fingerprint density at radius 3 is 3.00 bits per heavy atom. The topological polar surface area (TPSA) is 54.5 Å². The van der Waals surface area contributed by atoms with Crippen molar-refractivity contribution in [3.8, 4) is 0 Å². The number of hydrogen-bond donors (Lipinski definition) is 1. The van der Waals surface area contributed by atoms with Crippen LogP contribution in [0.1, 0.15) is 6.92 Å². The van der Waals surface area contributed by atoms with Gasteiger partial charge in [0, 0.05) is 20.0 Å². The highest BCUT2D eigenvalue weighted by Gasteiger charge is 2.56. The lowest BCUT2D eigenvalue weighted by Gasteiger charge is -2.43. The number of pyridine rings is 1. The van der Waals surface area contributed by atoms with Gasteiger partial charge in [-0.2, -0.15) is 0 Å². The third-order valence-corrected chi connectivity index (χ3v) is 4.32. The number of anilines is 1. The van der Waals surface area contributed by atoms with Crippen LogP contribution in [0, 0.1) is 0 Å². The molecule has 1 aromatic rings. The smallest absolute Gasteiger partial charge is 0.303 e. The summed E-state index contributed by atoms with van der Waals surface area (Å²) in [4.78, 5) is 17.3. The molecule has 0 radical (unpaired) electrons. The molecule has 5 nitrogen and oxygen atoms in total. The molecule has 2 fully saturated rings. The van der Waals surface area contributed by atoms with Crippen molar-refractivity contribution in [2.24, 2.45) is 0 Å². The van der Waals surface area contributed by atoms with Crippen LogP contribution in [0.5, 0.6) is 0 Å². The minimum atomic E-state index is -0.419. The van der Waals surface area contributed by atoms with Gasteiger partial charge in [0.05, 0.1) is 29.5 Å². The zero-order valence-electron chi connectivity index (χ0n) is 10.3. The summed E-state index contributed by atoms with van der Waals surface area (Å²) < 4.78 is 5.48. The highest BCUT2D eigenvalue weighted by atomic mass is 35.5. The minimum Gasteiger partial charge on any atom is -0.454 e. The largest absolute Gasteiger partial charge is 0.454 e. The molecule has 19 heavy (non-hydrogen) atoms. The van der Waals surface area contributed by atoms with E-state index in [2.05, 4.69) is 15.2 Å². The second kappa shape index (κ2) is 4.51. The Bertz CT molecular complexity index is 540. The lowest BCUT2D eigenvalue weighted by molar-refractivity contribution is -0.164. The maximum absolute atomic E-state index is 11.2. The number of carbonyl (C=O) groups is 1. The van der Waals surface area contributed by atoms with E-state index in [1.807, 2.05) is 0 Å². The average Bonchev–Trinajstić information content (AvgIpc) is 2.57. The van der Waals surface area contributed by atoms with Gasteiger partial charge in [-0.05, 0) is 6.07 Å². The van der Waals surface area contributed by atoms with E-state index in [0.717, 1.165) is 12.2 Å². The molecule has 0 spiro atoms. The molecule has 0 bridgehead atoms. The zero-order chi connectivity index (χ0) is 13.6. The second-order valence-corrected chi connectivity index (χ2v) is 5.70. The Morgan fingerprint density at radius 2 is 2.42 bits per heavy atom. The van der Waals surface area contributed by atoms with Crippen molar-refractivity contribution in [2.75, 3.05) is 24.5 Å². The van der Waals surface area contributed by atoms with Crippen molar-refractivity contribution in [1.82, 2.24) is 10.3 Å². The molecule has 0 saturated carbocycles. The SMILES string of the molecule is CC(=O)O[C@]12CN[C@H]1CN(c1cnc(Cl)c(Cl)c1)C2. The van der Waals surface area contributed by atoms with E-state index in [1.165, 1.54) is 6.92 Å². The van der Waals surface area contributed by atoms with E-state index in [9.17, 15) is 4.79 Å². The Hall–Kier alpha value is -1.04. The van der Waals surface area contributed by atoms with Crippen molar-refractivity contribution >= 4 is 34.9 Å². The predicted octanol–water partition coefficient (Wildman–Crippen LogP) is 1.48. The van der Waals surface area contributed by atoms with E-state index in [1.54, 1.807) is 12.3 Å². The maximum atomic E-state index is 11.2. The summed E-state index contributed by atoms with van der Waals surface area (Å²) in [6.45, 7) is 3.52. The fraction of sp³-hybridized carbons (Fsp3) is 0.500. The molecule has 2 saturated heterocycles. The molecule has 0 aromatic carbocycles. The van der Waals surface area contributed by atoms with Gasteiger partial charge in [0.2, 0.25) is 0 Å². The Morgan fingerprint density at radius 1 is 1.63 bits per heavy atom. The molecule has 0 aliphatic carbocycles. The molecule has 0 amide bonds. The average molecular weight is 302 g/mol. The van der Waals surface area contributed by atoms with E-state index >= 15 is 0 Å². The van der Waals surface area contributed by atoms with E-state index in [-0.39, 0.29) is 12.0 Å². The number of ether oxygens (including phenoxy) is 1. The monoisotopic (exact) mass is 301 g/mol. The summed E-state index contributed by atoms with van der Waals surface area (Å²) in [6.07, 6.45) is 1.68. The van der Waals surface area contributed by atoms with E-state index in [0.29, 0.717) is 23.3 Å². The molecular weight excluding hydrogens is 289 g/mol. The highest BCUT2D eigenvalue weighted by Crippen LogP contribution is 2.36. The van der Waals surface area contributed by atoms with Gasteiger partial charge in [-0.3, -0.25) is 4.79 Å². The number of halogens is 2. The number of hydrogen-bond acceptors (Lipinski definition) is 5. The third-order valence-electron chi connectivity index (χ3n) is 3.64. The van der Waals surface area contributed by atoms with Crippen molar-refractivity contribution in [2.45, 2.75) is 18.6 Å². The lowest BCUT2D eigenvalue weighted by atomic mass is 9.89. The van der Waals surface area contributed by atoms with Gasteiger partial charge in [-0.15, -0.1) is 0 Å². The number of esters is 1. The fourth-order valence-electron chi connectivity index (χ4n) is 2.69. The van der Waals surface area contributed by atoms with Crippen LogP contribution in [0.25, 0.3) is 0 Å². The predicted molar refractivity (Wildman–Crippen MR) is 72.8 cm³/mol. The zero-order valence-corrected chi connectivity index (χ0v) is 11.8. The standard InChI is InChI=1S/C12H13Cl2N3O2/c1-7(18)19-12-5-16-10(12)4-17(6-12)8-2-9(13)11(14)15-3-8/h2-3,10,16H,4-6H2,1H3/t10-,12-/m0/s1. The number of nitrogens with one attached hydrogen (secondary N) is 1. The van der Waals surface area contributed by atoms with Crippen LogP contribution in [0.3, 0.4) is 0 Å². The van der Waals surface area contributed by atoms with Crippen molar-refractivity contribution in [3.05, 3.63) is 22.4 Å². The van der Waals surface area contributed by atoms with E-state index in [4.69, 9.17) is 27.9 Å². The Kier molecular flexibility index (Phi) is 3.08. The first-order valence-corrected chi connectivity index (χ1v) is 6.75. The van der Waals surface area contributed by atoms with Gasteiger partial charge < -0.3 is 15.0 Å². The van der Waals surface area contributed by atoms with Crippen LogP contribution in [0.15, 0.2) is 12.3 Å². The number of carbonyl (C=O) groups excluding carboxylic acids is 1. The first kappa shape index (κ1) is 13.0. The minimum absolute atomic E-state index is 0.158. The van der Waals surface area contributed by atoms with Gasteiger partial charge in [-0.1, -0.05) is 23.2 Å². The number of rotatable bonds is 2. The summed E-state index contributed by atoms with van der Waals surface area (Å²) >= 11 is 11.8. The molecule has 1 aromatic heterocycles. The summed E-state index contributed by atoms with van der Waals surface area (Å²) in [5.41, 5.74) is 0.468. The summed E-state index contributed by atoms with van der Waals surface area (Å²) in [5.74, 6) is -0.249. The first-order valence-electron chi connectivity index (χ1n) is 5.99. The number of aromatic nitrogens is 1. The summed E-state index contributed by atoms with van der Waals surface area (Å²) in [6, 6.07) is 1.94. The van der Waals surface area contributed by atoms with Crippen LogP contribution in [0.4, 0.5) is 5.69 Å². The maximum Gasteiger partial charge on any atom is 0.303 e. The van der Waals surface area contributed by atoms with Gasteiger partial charge in [0.15, 0.2) is 5.60 Å². The van der Waals surface area contributed by atoms with E-state index < -0.39 is 5.60 Å². The molecule has 3 rings (SSSR count). The second-order valence-electron chi connectivity index (χ2n) is 4.94. The number of nitrogens with zero attached hydrogens (tertiary/aromatic N) is 2. The molecule has 3 heterocycles. The molecule has 102 valence electrons. The molecule has 1 N–H and O–H groups in total. The molecule has 2 atom stereocenters. The fourth-order valence-corrected chi connectivity index (χ4v) is 2.95. The van der Waals surface area contributed by atoms with Crippen LogP contribution >= 0.6 is 23.2 Å². The van der Waals surface area contributed by atoms with Crippen LogP contribution < -0.4 is 10.2 Å². The molecule has 2 aliphatic rings. The highest BCUT2D eigenvalue weighted by molar-refractivity contribution is 6.41. The normalized spacial score (nSPS) is 28.8. The van der Waals surface area contributed by atoms with Crippen molar-refractivity contribution < 1.29 is 9.53 Å². The molecular formula is C12H13Cl2N3O2. The molecule has 7 heteroatoms. The molecule has 2 aliphatic heterocycles. The van der Waals surface area contributed by atoms with Gasteiger partial charge >= 0.3 is 5.97 Å². The summed E-state index contributed by atoms with van der Waals surface area (Å²) in [7, 11) is 0. The quantitative estimate of drug-likeness (QED) is 0.662. The first-order chi connectivity index (χ1) is 9.00. The van der Waals surface area contributed by atoms with Crippen LogP contribution in [-0.2, 0) is 9.53 Å². The van der Waals surface area contributed by atoms with Gasteiger partial charge in [0.25, 0.3) is 0 Å². The van der Waals surface area contributed by atoms with Crippen LogP contribution in [0.2, 0.25) is 10.2 Å². The molecule has 0 unspecified atom stereocenters. The Balaban J connectivity index is 1.81. The van der Waals surface area contributed by atoms with Crippen molar-refractivity contribution in [1.29, 1.82) is 0 Å². The van der Waals surface area contributed by atoms with Gasteiger partial charge in [0.1, 0.15) is 5.15 Å². The summed E-state index contributed by atoms with van der Waals surface area (Å²) in [5, 5.41) is 4.00. The number of fused-ring (bicyclic) bond motifs is 1.